The summed E-state index contributed by atoms with van der Waals surface area (Å²) in [4.78, 5) is 17.3. The van der Waals surface area contributed by atoms with Crippen molar-refractivity contribution in [2.75, 3.05) is 32.4 Å². The standard InChI is InChI=1S/C19H26N2O3S/c1-25(23,24)18-9-6-16(7-10-18)8-11-19(22)21-14-4-5-17(21)15-20-12-2-3-13-20/h6-11,17H,2-5,12-15H2,1H3. The summed E-state index contributed by atoms with van der Waals surface area (Å²) in [6, 6.07) is 6.93. The minimum absolute atomic E-state index is 0.0499. The zero-order valence-electron chi connectivity index (χ0n) is 14.7. The number of hydrogen-bond donors (Lipinski definition) is 0. The van der Waals surface area contributed by atoms with E-state index in [-0.39, 0.29) is 5.91 Å². The van der Waals surface area contributed by atoms with E-state index in [4.69, 9.17) is 0 Å². The van der Waals surface area contributed by atoms with Gasteiger partial charge in [0.25, 0.3) is 0 Å². The topological polar surface area (TPSA) is 57.7 Å². The normalized spacial score (nSPS) is 22.1. The van der Waals surface area contributed by atoms with Gasteiger partial charge in [0, 0.05) is 31.5 Å². The van der Waals surface area contributed by atoms with Gasteiger partial charge in [0.15, 0.2) is 9.84 Å². The molecule has 1 aromatic carbocycles. The number of sulfone groups is 1. The van der Waals surface area contributed by atoms with Crippen LogP contribution in [0.3, 0.4) is 0 Å². The van der Waals surface area contributed by atoms with Crippen molar-refractivity contribution >= 4 is 21.8 Å². The summed E-state index contributed by atoms with van der Waals surface area (Å²) in [6.07, 6.45) is 9.25. The highest BCUT2D eigenvalue weighted by Gasteiger charge is 2.29. The molecule has 6 heteroatoms. The Balaban J connectivity index is 1.61. The van der Waals surface area contributed by atoms with E-state index >= 15 is 0 Å². The fourth-order valence-electron chi connectivity index (χ4n) is 3.67. The molecule has 5 nitrogen and oxygen atoms in total. The Bertz CT molecular complexity index is 734. The first-order valence-electron chi connectivity index (χ1n) is 8.95. The van der Waals surface area contributed by atoms with E-state index in [1.165, 1.54) is 19.1 Å². The van der Waals surface area contributed by atoms with E-state index in [9.17, 15) is 13.2 Å². The van der Waals surface area contributed by atoms with Crippen LogP contribution in [0.2, 0.25) is 0 Å². The lowest BCUT2D eigenvalue weighted by molar-refractivity contribution is -0.127. The van der Waals surface area contributed by atoms with Gasteiger partial charge in [-0.05, 0) is 62.5 Å². The van der Waals surface area contributed by atoms with Gasteiger partial charge in [0.05, 0.1) is 4.90 Å². The Hall–Kier alpha value is -1.66. The van der Waals surface area contributed by atoms with Crippen LogP contribution in [0.5, 0.6) is 0 Å². The average Bonchev–Trinajstić information content (AvgIpc) is 3.24. The first-order chi connectivity index (χ1) is 11.9. The van der Waals surface area contributed by atoms with Gasteiger partial charge in [0.1, 0.15) is 0 Å². The third-order valence-corrected chi connectivity index (χ3v) is 6.18. The van der Waals surface area contributed by atoms with Gasteiger partial charge in [-0.1, -0.05) is 12.1 Å². The molecule has 2 heterocycles. The summed E-state index contributed by atoms with van der Waals surface area (Å²) in [5, 5.41) is 0. The van der Waals surface area contributed by atoms with Crippen LogP contribution in [0.1, 0.15) is 31.2 Å². The molecule has 136 valence electrons. The maximum atomic E-state index is 12.6. The smallest absolute Gasteiger partial charge is 0.246 e. The number of amides is 1. The third-order valence-electron chi connectivity index (χ3n) is 5.05. The number of rotatable bonds is 5. The van der Waals surface area contributed by atoms with Gasteiger partial charge < -0.3 is 9.80 Å². The summed E-state index contributed by atoms with van der Waals surface area (Å²) in [5.41, 5.74) is 0.830. The van der Waals surface area contributed by atoms with Crippen LogP contribution < -0.4 is 0 Å². The molecule has 0 spiro atoms. The molecule has 0 aliphatic carbocycles. The zero-order chi connectivity index (χ0) is 17.9. The highest BCUT2D eigenvalue weighted by molar-refractivity contribution is 7.90. The SMILES string of the molecule is CS(=O)(=O)c1ccc(C=CC(=O)N2CCCC2CN2CCCC2)cc1. The van der Waals surface area contributed by atoms with Crippen molar-refractivity contribution in [3.63, 3.8) is 0 Å². The second-order valence-electron chi connectivity index (χ2n) is 7.01. The molecule has 0 N–H and O–H groups in total. The van der Waals surface area contributed by atoms with Crippen LogP contribution >= 0.6 is 0 Å². The molecule has 2 aliphatic rings. The lowest BCUT2D eigenvalue weighted by Gasteiger charge is -2.27. The lowest BCUT2D eigenvalue weighted by Crippen LogP contribution is -2.41. The minimum Gasteiger partial charge on any atom is -0.335 e. The van der Waals surface area contributed by atoms with Crippen molar-refractivity contribution in [2.45, 2.75) is 36.6 Å². The number of likely N-dealkylation sites (tertiary alicyclic amines) is 2. The Kier molecular flexibility index (Phi) is 5.59. The molecule has 1 aromatic rings. The third kappa shape index (κ3) is 4.70. The van der Waals surface area contributed by atoms with Crippen LogP contribution in [0.25, 0.3) is 6.08 Å². The highest BCUT2D eigenvalue weighted by atomic mass is 32.2. The highest BCUT2D eigenvalue weighted by Crippen LogP contribution is 2.21. The zero-order valence-corrected chi connectivity index (χ0v) is 15.5. The Labute approximate surface area is 150 Å². The summed E-state index contributed by atoms with van der Waals surface area (Å²) in [6.45, 7) is 4.12. The second kappa shape index (κ2) is 7.70. The van der Waals surface area contributed by atoms with Gasteiger partial charge in [-0.2, -0.15) is 0 Å². The van der Waals surface area contributed by atoms with Gasteiger partial charge in [-0.25, -0.2) is 8.42 Å². The van der Waals surface area contributed by atoms with Gasteiger partial charge in [-0.15, -0.1) is 0 Å². The fourth-order valence-corrected chi connectivity index (χ4v) is 4.30. The molecule has 0 aromatic heterocycles. The van der Waals surface area contributed by atoms with Crippen molar-refractivity contribution in [1.29, 1.82) is 0 Å². The summed E-state index contributed by atoms with van der Waals surface area (Å²) in [7, 11) is -3.19. The van der Waals surface area contributed by atoms with Gasteiger partial charge >= 0.3 is 0 Å². The molecular formula is C19H26N2O3S. The molecule has 0 saturated carbocycles. The van der Waals surface area contributed by atoms with Crippen molar-refractivity contribution in [3.8, 4) is 0 Å². The lowest BCUT2D eigenvalue weighted by atomic mass is 10.2. The molecule has 1 atom stereocenters. The number of benzene rings is 1. The average molecular weight is 362 g/mol. The molecule has 0 bridgehead atoms. The quantitative estimate of drug-likeness (QED) is 0.754. The molecule has 2 fully saturated rings. The predicted molar refractivity (Wildman–Crippen MR) is 99.0 cm³/mol. The summed E-state index contributed by atoms with van der Waals surface area (Å²) < 4.78 is 23.0. The van der Waals surface area contributed by atoms with Crippen LogP contribution in [0.15, 0.2) is 35.2 Å². The molecule has 2 aliphatic heterocycles. The van der Waals surface area contributed by atoms with Crippen molar-refractivity contribution in [1.82, 2.24) is 9.80 Å². The van der Waals surface area contributed by atoms with E-state index in [2.05, 4.69) is 4.90 Å². The number of hydrogen-bond acceptors (Lipinski definition) is 4. The molecular weight excluding hydrogens is 336 g/mol. The first kappa shape index (κ1) is 18.1. The molecule has 25 heavy (non-hydrogen) atoms. The predicted octanol–water partition coefficient (Wildman–Crippen LogP) is 2.19. The Morgan fingerprint density at radius 1 is 1.12 bits per heavy atom. The van der Waals surface area contributed by atoms with Crippen molar-refractivity contribution in [2.24, 2.45) is 0 Å². The number of carbonyl (C=O) groups excluding carboxylic acids is 1. The van der Waals surface area contributed by atoms with Gasteiger partial charge in [0.2, 0.25) is 5.91 Å². The number of nitrogens with zero attached hydrogens (tertiary/aromatic N) is 2. The molecule has 1 unspecified atom stereocenters. The molecule has 2 saturated heterocycles. The van der Waals surface area contributed by atoms with E-state index in [1.54, 1.807) is 36.4 Å². The van der Waals surface area contributed by atoms with Gasteiger partial charge in [-0.3, -0.25) is 4.79 Å². The molecule has 3 rings (SSSR count). The van der Waals surface area contributed by atoms with E-state index in [0.29, 0.717) is 10.9 Å². The monoisotopic (exact) mass is 362 g/mol. The Morgan fingerprint density at radius 2 is 1.80 bits per heavy atom. The van der Waals surface area contributed by atoms with Crippen molar-refractivity contribution in [3.05, 3.63) is 35.9 Å². The molecule has 0 radical (unpaired) electrons. The Morgan fingerprint density at radius 3 is 2.44 bits per heavy atom. The fraction of sp³-hybridized carbons (Fsp3) is 0.526. The summed E-state index contributed by atoms with van der Waals surface area (Å²) >= 11 is 0. The second-order valence-corrected chi connectivity index (χ2v) is 9.03. The minimum atomic E-state index is -3.19. The largest absolute Gasteiger partial charge is 0.335 e. The number of carbonyl (C=O) groups is 1. The van der Waals surface area contributed by atoms with E-state index < -0.39 is 9.84 Å². The maximum absolute atomic E-state index is 12.6. The molecule has 1 amide bonds. The maximum Gasteiger partial charge on any atom is 0.246 e. The van der Waals surface area contributed by atoms with Crippen molar-refractivity contribution < 1.29 is 13.2 Å². The van der Waals surface area contributed by atoms with E-state index in [1.807, 2.05) is 4.90 Å². The van der Waals surface area contributed by atoms with Crippen LogP contribution in [-0.4, -0.2) is 62.6 Å². The van der Waals surface area contributed by atoms with Crippen LogP contribution in [0, 0.1) is 0 Å². The summed E-state index contributed by atoms with van der Waals surface area (Å²) in [5.74, 6) is 0.0499. The van der Waals surface area contributed by atoms with Crippen LogP contribution in [0.4, 0.5) is 0 Å². The van der Waals surface area contributed by atoms with E-state index in [0.717, 1.165) is 44.6 Å². The van der Waals surface area contributed by atoms with Crippen LogP contribution in [-0.2, 0) is 14.6 Å². The first-order valence-corrected chi connectivity index (χ1v) is 10.8.